The zero-order valence-corrected chi connectivity index (χ0v) is 11.6. The highest BCUT2D eigenvalue weighted by Crippen LogP contribution is 2.08. The van der Waals surface area contributed by atoms with Gasteiger partial charge in [-0.25, -0.2) is 0 Å². The molecule has 1 fully saturated rings. The van der Waals surface area contributed by atoms with Crippen LogP contribution in [0.2, 0.25) is 0 Å². The van der Waals surface area contributed by atoms with Crippen molar-refractivity contribution in [2.45, 2.75) is 32.6 Å². The Morgan fingerprint density at radius 1 is 1.39 bits per heavy atom. The van der Waals surface area contributed by atoms with Crippen LogP contribution in [-0.4, -0.2) is 41.3 Å². The van der Waals surface area contributed by atoms with Crippen molar-refractivity contribution < 1.29 is 9.59 Å². The second-order valence-corrected chi connectivity index (χ2v) is 4.96. The molecule has 0 radical (unpaired) electrons. The van der Waals surface area contributed by atoms with E-state index in [9.17, 15) is 9.59 Å². The summed E-state index contributed by atoms with van der Waals surface area (Å²) < 4.78 is 0. The van der Waals surface area contributed by atoms with Crippen LogP contribution in [0.25, 0.3) is 0 Å². The van der Waals surface area contributed by atoms with Crippen molar-refractivity contribution in [2.24, 2.45) is 11.7 Å². The Balaban J connectivity index is 2.26. The molecule has 0 saturated carbocycles. The third-order valence-electron chi connectivity index (χ3n) is 3.17. The van der Waals surface area contributed by atoms with E-state index in [1.165, 1.54) is 0 Å². The average Bonchev–Trinajstić information content (AvgIpc) is 2.82. The molecule has 0 aromatic rings. The third kappa shape index (κ3) is 4.25. The standard InChI is InChI=1S/C12H21N3O2S/c1-2-9(11(13)18)12(17)14-6-5-10(16)15-7-3-4-8-15/h9H,2-8H2,1H3,(H2,13,18)(H,14,17). The van der Waals surface area contributed by atoms with Crippen LogP contribution in [0.15, 0.2) is 0 Å². The first kappa shape index (κ1) is 14.9. The van der Waals surface area contributed by atoms with Gasteiger partial charge >= 0.3 is 0 Å². The molecule has 1 atom stereocenters. The predicted molar refractivity (Wildman–Crippen MR) is 74.0 cm³/mol. The maximum Gasteiger partial charge on any atom is 0.229 e. The van der Waals surface area contributed by atoms with Crippen molar-refractivity contribution in [1.29, 1.82) is 0 Å². The van der Waals surface area contributed by atoms with Gasteiger partial charge in [0.1, 0.15) is 0 Å². The van der Waals surface area contributed by atoms with Crippen LogP contribution in [0, 0.1) is 5.92 Å². The van der Waals surface area contributed by atoms with Crippen LogP contribution < -0.4 is 11.1 Å². The van der Waals surface area contributed by atoms with E-state index in [4.69, 9.17) is 18.0 Å². The minimum atomic E-state index is -0.429. The van der Waals surface area contributed by atoms with E-state index < -0.39 is 5.92 Å². The molecule has 1 rings (SSSR count). The summed E-state index contributed by atoms with van der Waals surface area (Å²) in [5.74, 6) is -0.503. The van der Waals surface area contributed by atoms with Crippen LogP contribution >= 0.6 is 12.2 Å². The van der Waals surface area contributed by atoms with E-state index in [0.29, 0.717) is 19.4 Å². The fraction of sp³-hybridized carbons (Fsp3) is 0.750. The van der Waals surface area contributed by atoms with Gasteiger partial charge in [-0.3, -0.25) is 9.59 Å². The van der Waals surface area contributed by atoms with E-state index in [-0.39, 0.29) is 16.8 Å². The molecule has 18 heavy (non-hydrogen) atoms. The maximum absolute atomic E-state index is 11.7. The molecular weight excluding hydrogens is 250 g/mol. The van der Waals surface area contributed by atoms with Crippen molar-refractivity contribution in [3.05, 3.63) is 0 Å². The highest BCUT2D eigenvalue weighted by Gasteiger charge is 2.20. The van der Waals surface area contributed by atoms with Crippen LogP contribution in [0.3, 0.4) is 0 Å². The van der Waals surface area contributed by atoms with E-state index >= 15 is 0 Å². The quantitative estimate of drug-likeness (QED) is 0.687. The van der Waals surface area contributed by atoms with Gasteiger partial charge in [-0.05, 0) is 19.3 Å². The fourth-order valence-corrected chi connectivity index (χ4v) is 2.33. The number of hydrogen-bond donors (Lipinski definition) is 2. The number of amides is 2. The molecule has 3 N–H and O–H groups in total. The first-order chi connectivity index (χ1) is 8.56. The molecule has 0 aliphatic carbocycles. The monoisotopic (exact) mass is 271 g/mol. The molecular formula is C12H21N3O2S. The number of carbonyl (C=O) groups is 2. The largest absolute Gasteiger partial charge is 0.393 e. The van der Waals surface area contributed by atoms with Crippen molar-refractivity contribution in [1.82, 2.24) is 10.2 Å². The maximum atomic E-state index is 11.7. The molecule has 1 saturated heterocycles. The highest BCUT2D eigenvalue weighted by atomic mass is 32.1. The molecule has 6 heteroatoms. The average molecular weight is 271 g/mol. The summed E-state index contributed by atoms with van der Waals surface area (Å²) in [4.78, 5) is 25.5. The van der Waals surface area contributed by atoms with Crippen molar-refractivity contribution in [3.8, 4) is 0 Å². The lowest BCUT2D eigenvalue weighted by molar-refractivity contribution is -0.130. The van der Waals surface area contributed by atoms with Gasteiger partial charge in [-0.2, -0.15) is 0 Å². The van der Waals surface area contributed by atoms with Gasteiger partial charge in [0.15, 0.2) is 0 Å². The Morgan fingerprint density at radius 2 is 2.00 bits per heavy atom. The molecule has 0 spiro atoms. The van der Waals surface area contributed by atoms with Crippen molar-refractivity contribution in [2.75, 3.05) is 19.6 Å². The number of thiocarbonyl (C=S) groups is 1. The van der Waals surface area contributed by atoms with Gasteiger partial charge in [-0.1, -0.05) is 19.1 Å². The van der Waals surface area contributed by atoms with Gasteiger partial charge in [0.05, 0.1) is 10.9 Å². The SMILES string of the molecule is CCC(C(=O)NCCC(=O)N1CCCC1)C(N)=S. The van der Waals surface area contributed by atoms with Crippen LogP contribution in [0.5, 0.6) is 0 Å². The van der Waals surface area contributed by atoms with Gasteiger partial charge in [0, 0.05) is 26.1 Å². The summed E-state index contributed by atoms with van der Waals surface area (Å²) >= 11 is 4.82. The zero-order valence-electron chi connectivity index (χ0n) is 10.8. The Hall–Kier alpha value is -1.17. The second kappa shape index (κ2) is 7.31. The van der Waals surface area contributed by atoms with Gasteiger partial charge in [0.25, 0.3) is 0 Å². The summed E-state index contributed by atoms with van der Waals surface area (Å²) in [5, 5.41) is 2.72. The minimum absolute atomic E-state index is 0.108. The van der Waals surface area contributed by atoms with Gasteiger partial charge in [0.2, 0.25) is 11.8 Å². The van der Waals surface area contributed by atoms with Crippen LogP contribution in [-0.2, 0) is 9.59 Å². The first-order valence-corrected chi connectivity index (χ1v) is 6.82. The van der Waals surface area contributed by atoms with Crippen LogP contribution in [0.4, 0.5) is 0 Å². The molecule has 1 heterocycles. The first-order valence-electron chi connectivity index (χ1n) is 6.41. The summed E-state index contributed by atoms with van der Waals surface area (Å²) in [7, 11) is 0. The lowest BCUT2D eigenvalue weighted by atomic mass is 10.1. The Morgan fingerprint density at radius 3 is 2.50 bits per heavy atom. The number of nitrogens with one attached hydrogen (secondary N) is 1. The third-order valence-corrected chi connectivity index (χ3v) is 3.45. The Bertz CT molecular complexity index is 327. The van der Waals surface area contributed by atoms with Crippen molar-refractivity contribution in [3.63, 3.8) is 0 Å². The normalized spacial score (nSPS) is 16.4. The van der Waals surface area contributed by atoms with E-state index in [2.05, 4.69) is 5.32 Å². The summed E-state index contributed by atoms with van der Waals surface area (Å²) in [5.41, 5.74) is 5.47. The number of rotatable bonds is 6. The Labute approximate surface area is 113 Å². The number of carbonyl (C=O) groups excluding carboxylic acids is 2. The molecule has 0 bridgehead atoms. The fourth-order valence-electron chi connectivity index (χ4n) is 2.06. The summed E-state index contributed by atoms with van der Waals surface area (Å²) in [6, 6.07) is 0. The second-order valence-electron chi connectivity index (χ2n) is 4.49. The smallest absolute Gasteiger partial charge is 0.229 e. The van der Waals surface area contributed by atoms with Crippen molar-refractivity contribution >= 4 is 29.0 Å². The lowest BCUT2D eigenvalue weighted by Crippen LogP contribution is -2.39. The molecule has 5 nitrogen and oxygen atoms in total. The Kier molecular flexibility index (Phi) is 6.04. The van der Waals surface area contributed by atoms with Gasteiger partial charge in [-0.15, -0.1) is 0 Å². The molecule has 2 amide bonds. The summed E-state index contributed by atoms with van der Waals surface area (Å²) in [6.07, 6.45) is 3.09. The lowest BCUT2D eigenvalue weighted by Gasteiger charge is -2.16. The minimum Gasteiger partial charge on any atom is -0.393 e. The van der Waals surface area contributed by atoms with E-state index in [1.807, 2.05) is 11.8 Å². The molecule has 1 aliphatic heterocycles. The summed E-state index contributed by atoms with van der Waals surface area (Å²) in [6.45, 7) is 3.90. The highest BCUT2D eigenvalue weighted by molar-refractivity contribution is 7.80. The number of hydrogen-bond acceptors (Lipinski definition) is 3. The molecule has 1 unspecified atom stereocenters. The zero-order chi connectivity index (χ0) is 13.5. The number of likely N-dealkylation sites (tertiary alicyclic amines) is 1. The molecule has 102 valence electrons. The van der Waals surface area contributed by atoms with Crippen LogP contribution in [0.1, 0.15) is 32.6 Å². The van der Waals surface area contributed by atoms with E-state index in [0.717, 1.165) is 25.9 Å². The predicted octanol–water partition coefficient (Wildman–Crippen LogP) is 0.427. The topological polar surface area (TPSA) is 75.4 Å². The number of nitrogens with two attached hydrogens (primary N) is 1. The molecule has 0 aromatic carbocycles. The molecule has 0 aromatic heterocycles. The molecule has 1 aliphatic rings. The number of nitrogens with zero attached hydrogens (tertiary/aromatic N) is 1. The van der Waals surface area contributed by atoms with E-state index in [1.54, 1.807) is 0 Å². The van der Waals surface area contributed by atoms with Gasteiger partial charge < -0.3 is 16.0 Å².